The lowest BCUT2D eigenvalue weighted by Crippen LogP contribution is -2.12. The molecule has 0 aliphatic heterocycles. The molecule has 0 aliphatic rings. The summed E-state index contributed by atoms with van der Waals surface area (Å²) in [5.41, 5.74) is 5.88. The molecule has 0 unspecified atom stereocenters. The van der Waals surface area contributed by atoms with Crippen LogP contribution in [0.15, 0.2) is 12.1 Å². The molecule has 0 radical (unpaired) electrons. The van der Waals surface area contributed by atoms with Crippen molar-refractivity contribution in [3.05, 3.63) is 28.8 Å². The van der Waals surface area contributed by atoms with Gasteiger partial charge in [0, 0.05) is 12.1 Å². The Morgan fingerprint density at radius 3 is 2.69 bits per heavy atom. The first-order valence-electron chi connectivity index (χ1n) is 4.20. The minimum Gasteiger partial charge on any atom is -0.508 e. The number of rotatable bonds is 3. The van der Waals surface area contributed by atoms with Gasteiger partial charge in [-0.2, -0.15) is 5.48 Å². The summed E-state index contributed by atoms with van der Waals surface area (Å²) in [5.74, 6) is 0.313. The van der Waals surface area contributed by atoms with Crippen molar-refractivity contribution in [2.45, 2.75) is 20.4 Å². The van der Waals surface area contributed by atoms with Gasteiger partial charge < -0.3 is 9.94 Å². The van der Waals surface area contributed by atoms with Crippen LogP contribution >= 0.6 is 0 Å². The molecule has 0 aromatic heterocycles. The molecule has 0 aliphatic carbocycles. The lowest BCUT2D eigenvalue weighted by Gasteiger charge is -2.10. The number of phenolic OH excluding ortho intramolecular Hbond substituents is 1. The molecule has 0 saturated carbocycles. The first-order chi connectivity index (χ1) is 6.16. The second-order valence-electron chi connectivity index (χ2n) is 3.03. The Morgan fingerprint density at radius 1 is 1.38 bits per heavy atom. The third kappa shape index (κ3) is 2.20. The minimum atomic E-state index is 0.313. The molecule has 0 saturated heterocycles. The van der Waals surface area contributed by atoms with E-state index in [9.17, 15) is 5.11 Å². The molecule has 3 heteroatoms. The molecule has 1 aromatic carbocycles. The number of aromatic hydroxyl groups is 1. The summed E-state index contributed by atoms with van der Waals surface area (Å²) in [6, 6.07) is 3.61. The zero-order valence-corrected chi connectivity index (χ0v) is 8.22. The highest BCUT2D eigenvalue weighted by atomic mass is 16.6. The number of hydrogen-bond acceptors (Lipinski definition) is 3. The Hall–Kier alpha value is -1.06. The third-order valence-corrected chi connectivity index (χ3v) is 2.24. The molecule has 72 valence electrons. The summed E-state index contributed by atoms with van der Waals surface area (Å²) >= 11 is 0. The smallest absolute Gasteiger partial charge is 0.120 e. The second kappa shape index (κ2) is 4.25. The maximum atomic E-state index is 9.55. The minimum absolute atomic E-state index is 0.313. The van der Waals surface area contributed by atoms with Crippen molar-refractivity contribution in [3.8, 4) is 5.75 Å². The standard InChI is InChI=1S/C10H15NO2/c1-7-4-5-10(12)9(8(7)2)6-11-13-3/h4-5,11-12H,6H2,1-3H3. The average molecular weight is 181 g/mol. The summed E-state index contributed by atoms with van der Waals surface area (Å²) < 4.78 is 0. The molecular formula is C10H15NO2. The van der Waals surface area contributed by atoms with Gasteiger partial charge >= 0.3 is 0 Å². The number of hydroxylamine groups is 1. The summed E-state index contributed by atoms with van der Waals surface area (Å²) in [4.78, 5) is 4.73. The Bertz CT molecular complexity index is 297. The van der Waals surface area contributed by atoms with E-state index < -0.39 is 0 Å². The normalized spacial score (nSPS) is 10.4. The summed E-state index contributed by atoms with van der Waals surface area (Å²) in [6.07, 6.45) is 0. The Balaban J connectivity index is 2.96. The number of benzene rings is 1. The molecule has 0 bridgehead atoms. The molecule has 1 rings (SSSR count). The van der Waals surface area contributed by atoms with Gasteiger partial charge in [-0.3, -0.25) is 0 Å². The van der Waals surface area contributed by atoms with E-state index in [1.165, 1.54) is 5.56 Å². The van der Waals surface area contributed by atoms with Crippen LogP contribution < -0.4 is 5.48 Å². The predicted molar refractivity (Wildman–Crippen MR) is 51.4 cm³/mol. The van der Waals surface area contributed by atoms with Crippen molar-refractivity contribution in [2.75, 3.05) is 7.11 Å². The van der Waals surface area contributed by atoms with Crippen LogP contribution in [0.5, 0.6) is 5.75 Å². The lowest BCUT2D eigenvalue weighted by molar-refractivity contribution is 0.0860. The van der Waals surface area contributed by atoms with Gasteiger partial charge in [0.2, 0.25) is 0 Å². The quantitative estimate of drug-likeness (QED) is 0.697. The first-order valence-corrected chi connectivity index (χ1v) is 4.20. The van der Waals surface area contributed by atoms with E-state index in [2.05, 4.69) is 5.48 Å². The van der Waals surface area contributed by atoms with Crippen LogP contribution in [0.2, 0.25) is 0 Å². The number of aryl methyl sites for hydroxylation is 1. The van der Waals surface area contributed by atoms with Crippen molar-refractivity contribution in [2.24, 2.45) is 0 Å². The highest BCUT2D eigenvalue weighted by molar-refractivity contribution is 5.42. The van der Waals surface area contributed by atoms with E-state index in [0.717, 1.165) is 11.1 Å². The van der Waals surface area contributed by atoms with Crippen LogP contribution in [-0.2, 0) is 11.4 Å². The molecule has 2 N–H and O–H groups in total. The van der Waals surface area contributed by atoms with Crippen LogP contribution in [0.4, 0.5) is 0 Å². The molecule has 0 atom stereocenters. The van der Waals surface area contributed by atoms with Crippen molar-refractivity contribution in [3.63, 3.8) is 0 Å². The van der Waals surface area contributed by atoms with E-state index in [-0.39, 0.29) is 0 Å². The van der Waals surface area contributed by atoms with E-state index >= 15 is 0 Å². The van der Waals surface area contributed by atoms with E-state index in [0.29, 0.717) is 12.3 Å². The van der Waals surface area contributed by atoms with Crippen LogP contribution in [0.3, 0.4) is 0 Å². The fraction of sp³-hybridized carbons (Fsp3) is 0.400. The predicted octanol–water partition coefficient (Wildman–Crippen LogP) is 1.66. The second-order valence-corrected chi connectivity index (χ2v) is 3.03. The SMILES string of the molecule is CONCc1c(O)ccc(C)c1C. The highest BCUT2D eigenvalue weighted by Gasteiger charge is 2.05. The number of hydrogen-bond donors (Lipinski definition) is 2. The Kier molecular flexibility index (Phi) is 3.28. The molecule has 1 aromatic rings. The van der Waals surface area contributed by atoms with Gasteiger partial charge in [-0.25, -0.2) is 0 Å². The molecule has 0 fully saturated rings. The van der Waals surface area contributed by atoms with Crippen LogP contribution in [0.1, 0.15) is 16.7 Å². The van der Waals surface area contributed by atoms with Crippen LogP contribution in [0.25, 0.3) is 0 Å². The number of phenols is 1. The summed E-state index contributed by atoms with van der Waals surface area (Å²) in [7, 11) is 1.56. The van der Waals surface area contributed by atoms with Crippen LogP contribution in [0, 0.1) is 13.8 Å². The molecule has 0 amide bonds. The lowest BCUT2D eigenvalue weighted by atomic mass is 10.0. The van der Waals surface area contributed by atoms with Crippen molar-refractivity contribution < 1.29 is 9.94 Å². The first kappa shape index (κ1) is 10.0. The Labute approximate surface area is 78.3 Å². The van der Waals surface area contributed by atoms with Gasteiger partial charge in [0.25, 0.3) is 0 Å². The fourth-order valence-corrected chi connectivity index (χ4v) is 1.23. The molecule has 0 heterocycles. The summed E-state index contributed by atoms with van der Waals surface area (Å²) in [5, 5.41) is 9.55. The van der Waals surface area contributed by atoms with Crippen molar-refractivity contribution in [1.29, 1.82) is 0 Å². The Morgan fingerprint density at radius 2 is 2.08 bits per heavy atom. The van der Waals surface area contributed by atoms with Crippen molar-refractivity contribution >= 4 is 0 Å². The third-order valence-electron chi connectivity index (χ3n) is 2.24. The summed E-state index contributed by atoms with van der Waals surface area (Å²) in [6.45, 7) is 4.53. The maximum absolute atomic E-state index is 9.55. The largest absolute Gasteiger partial charge is 0.508 e. The fourth-order valence-electron chi connectivity index (χ4n) is 1.23. The van der Waals surface area contributed by atoms with Crippen molar-refractivity contribution in [1.82, 2.24) is 5.48 Å². The highest BCUT2D eigenvalue weighted by Crippen LogP contribution is 2.23. The van der Waals surface area contributed by atoms with Gasteiger partial charge in [0.15, 0.2) is 0 Å². The van der Waals surface area contributed by atoms with E-state index in [1.54, 1.807) is 13.2 Å². The molecule has 13 heavy (non-hydrogen) atoms. The molecular weight excluding hydrogens is 166 g/mol. The zero-order chi connectivity index (χ0) is 9.84. The zero-order valence-electron chi connectivity index (χ0n) is 8.22. The topological polar surface area (TPSA) is 41.5 Å². The van der Waals surface area contributed by atoms with Gasteiger partial charge in [-0.05, 0) is 31.0 Å². The van der Waals surface area contributed by atoms with Crippen LogP contribution in [-0.4, -0.2) is 12.2 Å². The van der Waals surface area contributed by atoms with Gasteiger partial charge in [0.05, 0.1) is 7.11 Å². The maximum Gasteiger partial charge on any atom is 0.120 e. The molecule has 0 spiro atoms. The van der Waals surface area contributed by atoms with Gasteiger partial charge in [0.1, 0.15) is 5.75 Å². The van der Waals surface area contributed by atoms with Gasteiger partial charge in [-0.15, -0.1) is 0 Å². The van der Waals surface area contributed by atoms with E-state index in [4.69, 9.17) is 4.84 Å². The molecule has 3 nitrogen and oxygen atoms in total. The number of nitrogens with one attached hydrogen (secondary N) is 1. The monoisotopic (exact) mass is 181 g/mol. The van der Waals surface area contributed by atoms with Gasteiger partial charge in [-0.1, -0.05) is 6.07 Å². The average Bonchev–Trinajstić information content (AvgIpc) is 2.12. The van der Waals surface area contributed by atoms with E-state index in [1.807, 2.05) is 19.9 Å².